The lowest BCUT2D eigenvalue weighted by Gasteiger charge is -2.06. The van der Waals surface area contributed by atoms with Crippen LogP contribution in [-0.2, 0) is 29.2 Å². The van der Waals surface area contributed by atoms with E-state index in [4.69, 9.17) is 0 Å². The van der Waals surface area contributed by atoms with Gasteiger partial charge in [0.25, 0.3) is 11.8 Å². The number of para-hydroxylation sites is 1. The highest BCUT2D eigenvalue weighted by Crippen LogP contribution is 2.37. The van der Waals surface area contributed by atoms with Gasteiger partial charge in [0.1, 0.15) is 5.69 Å². The van der Waals surface area contributed by atoms with E-state index >= 15 is 0 Å². The topological polar surface area (TPSA) is 99.6 Å². The molecule has 9 heteroatoms. The summed E-state index contributed by atoms with van der Waals surface area (Å²) in [4.78, 5) is 34.8. The van der Waals surface area contributed by atoms with Gasteiger partial charge in [0.05, 0.1) is 17.5 Å². The van der Waals surface area contributed by atoms with Crippen molar-refractivity contribution in [1.29, 1.82) is 0 Å². The van der Waals surface area contributed by atoms with E-state index in [0.717, 1.165) is 41.4 Å². The van der Waals surface area contributed by atoms with Crippen LogP contribution in [0.5, 0.6) is 0 Å². The number of carbonyl (C=O) groups is 2. The minimum absolute atomic E-state index is 0.293. The van der Waals surface area contributed by atoms with Gasteiger partial charge in [-0.2, -0.15) is 5.10 Å². The third-order valence-electron chi connectivity index (χ3n) is 6.41. The monoisotopic (exact) mass is 465 g/mol. The predicted octanol–water partition coefficient (Wildman–Crippen LogP) is 3.26. The summed E-state index contributed by atoms with van der Waals surface area (Å²) in [6.45, 7) is 4.16. The Morgan fingerprint density at radius 1 is 0.943 bits per heavy atom. The van der Waals surface area contributed by atoms with Gasteiger partial charge in [0.2, 0.25) is 0 Å². The van der Waals surface area contributed by atoms with Crippen LogP contribution in [0.3, 0.4) is 0 Å². The molecule has 0 radical (unpaired) electrons. The van der Waals surface area contributed by atoms with Crippen LogP contribution < -0.4 is 5.32 Å². The van der Waals surface area contributed by atoms with Crippen LogP contribution >= 0.6 is 0 Å². The maximum atomic E-state index is 13.1. The second-order valence-electron chi connectivity index (χ2n) is 8.48. The van der Waals surface area contributed by atoms with Gasteiger partial charge in [0.15, 0.2) is 5.65 Å². The number of aromatic nitrogens is 6. The Morgan fingerprint density at radius 3 is 2.60 bits per heavy atom. The molecule has 0 atom stereocenters. The van der Waals surface area contributed by atoms with E-state index in [1.807, 2.05) is 60.3 Å². The zero-order valence-electron chi connectivity index (χ0n) is 19.2. The highest BCUT2D eigenvalue weighted by Gasteiger charge is 2.36. The van der Waals surface area contributed by atoms with Crippen molar-refractivity contribution in [2.45, 2.75) is 33.0 Å². The average Bonchev–Trinajstić information content (AvgIpc) is 3.64. The van der Waals surface area contributed by atoms with Gasteiger partial charge in [-0.05, 0) is 31.5 Å². The van der Waals surface area contributed by atoms with Crippen LogP contribution in [0.2, 0.25) is 0 Å². The summed E-state index contributed by atoms with van der Waals surface area (Å²) in [5, 5.41) is 8.85. The van der Waals surface area contributed by atoms with E-state index in [1.165, 1.54) is 0 Å². The maximum Gasteiger partial charge on any atom is 0.261 e. The number of imide groups is 1. The molecule has 0 unspecified atom stereocenters. The standard InChI is InChI=1S/C26H23N7O2/c1-2-33-24-18(8-5-10-28-24)23(30-33)22-21(25(34)29-26(22)35)19-15-32(20-9-4-3-7-17(19)20)13-6-12-31-14-11-27-16-31/h3-5,7-11,14-16H,2,6,12-13H2,1H3,(H,29,34,35). The predicted molar refractivity (Wildman–Crippen MR) is 132 cm³/mol. The molecule has 1 aromatic carbocycles. The molecule has 1 N–H and O–H groups in total. The molecule has 1 aliphatic rings. The Balaban J connectivity index is 1.50. The van der Waals surface area contributed by atoms with E-state index in [0.29, 0.717) is 29.0 Å². The zero-order valence-corrected chi connectivity index (χ0v) is 19.2. The van der Waals surface area contributed by atoms with Crippen molar-refractivity contribution in [1.82, 2.24) is 34.2 Å². The average molecular weight is 466 g/mol. The van der Waals surface area contributed by atoms with E-state index in [-0.39, 0.29) is 0 Å². The van der Waals surface area contributed by atoms with Crippen molar-refractivity contribution >= 4 is 44.9 Å². The quantitative estimate of drug-likeness (QED) is 0.372. The molecule has 5 aromatic rings. The number of pyridine rings is 1. The number of nitrogens with zero attached hydrogens (tertiary/aromatic N) is 6. The molecule has 0 fully saturated rings. The summed E-state index contributed by atoms with van der Waals surface area (Å²) in [7, 11) is 0. The number of carbonyl (C=O) groups excluding carboxylic acids is 2. The van der Waals surface area contributed by atoms with Crippen LogP contribution in [0.25, 0.3) is 33.1 Å². The van der Waals surface area contributed by atoms with Crippen molar-refractivity contribution in [3.05, 3.63) is 78.8 Å². The Bertz CT molecular complexity index is 1620. The molecule has 0 saturated carbocycles. The maximum absolute atomic E-state index is 13.1. The summed E-state index contributed by atoms with van der Waals surface area (Å²) in [5.41, 5.74) is 3.55. The summed E-state index contributed by atoms with van der Waals surface area (Å²) >= 11 is 0. The van der Waals surface area contributed by atoms with Crippen molar-refractivity contribution in [3.63, 3.8) is 0 Å². The lowest BCUT2D eigenvalue weighted by Crippen LogP contribution is -2.22. The molecule has 35 heavy (non-hydrogen) atoms. The van der Waals surface area contributed by atoms with Gasteiger partial charge in [-0.25, -0.2) is 14.6 Å². The molecule has 5 heterocycles. The van der Waals surface area contributed by atoms with Crippen molar-refractivity contribution in [3.8, 4) is 0 Å². The minimum atomic E-state index is -0.437. The smallest absolute Gasteiger partial charge is 0.261 e. The van der Waals surface area contributed by atoms with Crippen LogP contribution in [0.1, 0.15) is 24.6 Å². The third kappa shape index (κ3) is 3.43. The first-order chi connectivity index (χ1) is 17.2. The van der Waals surface area contributed by atoms with Crippen LogP contribution in [0, 0.1) is 0 Å². The van der Waals surface area contributed by atoms with Gasteiger partial charge in [0, 0.05) is 66.3 Å². The summed E-state index contributed by atoms with van der Waals surface area (Å²) in [6, 6.07) is 11.7. The highest BCUT2D eigenvalue weighted by atomic mass is 16.2. The Morgan fingerprint density at radius 2 is 1.77 bits per heavy atom. The first-order valence-electron chi connectivity index (χ1n) is 11.6. The van der Waals surface area contributed by atoms with Crippen LogP contribution in [-0.4, -0.2) is 40.7 Å². The number of imidazole rings is 1. The molecular weight excluding hydrogens is 442 g/mol. The number of fused-ring (bicyclic) bond motifs is 2. The van der Waals surface area contributed by atoms with Crippen molar-refractivity contribution in [2.24, 2.45) is 0 Å². The SMILES string of the molecule is CCn1nc(C2=C(c3cn(CCCn4ccnc4)c4ccccc34)C(=O)NC2=O)c2cccnc21. The lowest BCUT2D eigenvalue weighted by atomic mass is 9.98. The molecule has 9 nitrogen and oxygen atoms in total. The largest absolute Gasteiger partial charge is 0.347 e. The third-order valence-corrected chi connectivity index (χ3v) is 6.41. The van der Waals surface area contributed by atoms with Crippen LogP contribution in [0.15, 0.2) is 67.5 Å². The van der Waals surface area contributed by atoms with Crippen molar-refractivity contribution < 1.29 is 9.59 Å². The summed E-state index contributed by atoms with van der Waals surface area (Å²) in [5.74, 6) is -0.845. The molecule has 1 aliphatic heterocycles. The fraction of sp³-hybridized carbons (Fsp3) is 0.192. The molecule has 6 rings (SSSR count). The van der Waals surface area contributed by atoms with Gasteiger partial charge >= 0.3 is 0 Å². The number of nitrogens with one attached hydrogen (secondary N) is 1. The number of aryl methyl sites for hydroxylation is 3. The fourth-order valence-electron chi connectivity index (χ4n) is 4.83. The molecule has 2 amide bonds. The fourth-order valence-corrected chi connectivity index (χ4v) is 4.83. The van der Waals surface area contributed by atoms with Gasteiger partial charge in [-0.1, -0.05) is 18.2 Å². The van der Waals surface area contributed by atoms with Gasteiger partial charge in [-0.15, -0.1) is 0 Å². The molecule has 0 saturated heterocycles. The van der Waals surface area contributed by atoms with E-state index in [1.54, 1.807) is 23.4 Å². The highest BCUT2D eigenvalue weighted by molar-refractivity contribution is 6.50. The van der Waals surface area contributed by atoms with Gasteiger partial charge in [-0.3, -0.25) is 14.9 Å². The molecule has 0 bridgehead atoms. The van der Waals surface area contributed by atoms with Gasteiger partial charge < -0.3 is 9.13 Å². The molecular formula is C26H23N7O2. The summed E-state index contributed by atoms with van der Waals surface area (Å²) in [6.07, 6.45) is 10.1. The number of hydrogen-bond acceptors (Lipinski definition) is 5. The van der Waals surface area contributed by atoms with Crippen molar-refractivity contribution in [2.75, 3.05) is 0 Å². The zero-order chi connectivity index (χ0) is 23.9. The Labute approximate surface area is 200 Å². The molecule has 4 aromatic heterocycles. The first-order valence-corrected chi connectivity index (χ1v) is 11.6. The lowest BCUT2D eigenvalue weighted by molar-refractivity contribution is -0.122. The minimum Gasteiger partial charge on any atom is -0.347 e. The molecule has 0 aliphatic carbocycles. The Kier molecular flexibility index (Phi) is 5.02. The van der Waals surface area contributed by atoms with E-state index in [2.05, 4.69) is 25.0 Å². The molecule has 0 spiro atoms. The second-order valence-corrected chi connectivity index (χ2v) is 8.48. The first kappa shape index (κ1) is 21.0. The van der Waals surface area contributed by atoms with E-state index < -0.39 is 11.8 Å². The van der Waals surface area contributed by atoms with Crippen LogP contribution in [0.4, 0.5) is 0 Å². The number of benzene rings is 1. The Hall–Kier alpha value is -4.53. The summed E-state index contributed by atoms with van der Waals surface area (Å²) < 4.78 is 5.94. The normalized spacial score (nSPS) is 14.0. The number of amides is 2. The number of rotatable bonds is 7. The second kappa shape index (κ2) is 8.35. The van der Waals surface area contributed by atoms with E-state index in [9.17, 15) is 9.59 Å². The molecule has 174 valence electrons. The number of hydrogen-bond donors (Lipinski definition) is 1.